The fourth-order valence-electron chi connectivity index (χ4n) is 2.25. The molecule has 0 atom stereocenters. The molecule has 0 saturated heterocycles. The van der Waals surface area contributed by atoms with Crippen LogP contribution in [0.3, 0.4) is 0 Å². The van der Waals surface area contributed by atoms with Crippen LogP contribution >= 0.6 is 23.8 Å². The molecule has 2 nitrogen and oxygen atoms in total. The maximum absolute atomic E-state index is 6.02. The number of hydrogen-bond acceptors (Lipinski definition) is 1. The van der Waals surface area contributed by atoms with Gasteiger partial charge in [0.1, 0.15) is 0 Å². The number of imidazole rings is 1. The molecule has 0 fully saturated rings. The summed E-state index contributed by atoms with van der Waals surface area (Å²) in [4.78, 5) is 3.25. The zero-order valence-electron chi connectivity index (χ0n) is 10.5. The lowest BCUT2D eigenvalue weighted by atomic mass is 10.2. The normalized spacial score (nSPS) is 11.1. The van der Waals surface area contributed by atoms with Crippen LogP contribution in [0.5, 0.6) is 0 Å². The molecule has 0 bridgehead atoms. The predicted octanol–water partition coefficient (Wildman–Crippen LogP) is 4.71. The van der Waals surface area contributed by atoms with Gasteiger partial charge in [0, 0.05) is 5.02 Å². The summed E-state index contributed by atoms with van der Waals surface area (Å²) in [6.45, 7) is 2.80. The molecule has 1 N–H and O–H groups in total. The summed E-state index contributed by atoms with van der Waals surface area (Å²) in [6, 6.07) is 14.2. The van der Waals surface area contributed by atoms with Crippen molar-refractivity contribution in [1.82, 2.24) is 9.55 Å². The minimum absolute atomic E-state index is 0.725. The second kappa shape index (κ2) is 4.83. The summed E-state index contributed by atoms with van der Waals surface area (Å²) < 4.78 is 2.83. The van der Waals surface area contributed by atoms with Crippen molar-refractivity contribution in [1.29, 1.82) is 0 Å². The fraction of sp³-hybridized carbons (Fsp3) is 0.133. The van der Waals surface area contributed by atoms with E-state index < -0.39 is 0 Å². The summed E-state index contributed by atoms with van der Waals surface area (Å²) in [7, 11) is 0. The van der Waals surface area contributed by atoms with Crippen LogP contribution in [0.1, 0.15) is 11.1 Å². The maximum atomic E-state index is 6.02. The average Bonchev–Trinajstić information content (AvgIpc) is 2.65. The van der Waals surface area contributed by atoms with Crippen molar-refractivity contribution >= 4 is 34.9 Å². The number of benzene rings is 2. The minimum Gasteiger partial charge on any atom is -0.331 e. The molecule has 96 valence electrons. The molecule has 3 rings (SSSR count). The van der Waals surface area contributed by atoms with E-state index in [-0.39, 0.29) is 0 Å². The Kier molecular flexibility index (Phi) is 3.17. The number of hydrogen-bond donors (Lipinski definition) is 1. The molecule has 0 unspecified atom stereocenters. The van der Waals surface area contributed by atoms with Gasteiger partial charge in [-0.05, 0) is 54.5 Å². The second-order valence-corrected chi connectivity index (χ2v) is 5.49. The number of halogens is 1. The van der Waals surface area contributed by atoms with Crippen LogP contribution in [0.4, 0.5) is 0 Å². The van der Waals surface area contributed by atoms with E-state index in [0.717, 1.165) is 32.9 Å². The Morgan fingerprint density at radius 3 is 2.84 bits per heavy atom. The highest BCUT2D eigenvalue weighted by molar-refractivity contribution is 7.71. The monoisotopic (exact) mass is 288 g/mol. The van der Waals surface area contributed by atoms with Crippen LogP contribution in [0, 0.1) is 11.7 Å². The molecule has 3 aromatic rings. The van der Waals surface area contributed by atoms with Gasteiger partial charge in [-0.3, -0.25) is 0 Å². The summed E-state index contributed by atoms with van der Waals surface area (Å²) in [5.74, 6) is 0. The van der Waals surface area contributed by atoms with Crippen LogP contribution in [-0.4, -0.2) is 9.55 Å². The van der Waals surface area contributed by atoms with Crippen molar-refractivity contribution in [3.8, 4) is 0 Å². The summed E-state index contributed by atoms with van der Waals surface area (Å²) in [5.41, 5.74) is 4.56. The van der Waals surface area contributed by atoms with E-state index in [0.29, 0.717) is 0 Å². The Hall–Kier alpha value is -1.58. The molecule has 0 radical (unpaired) electrons. The highest BCUT2D eigenvalue weighted by Gasteiger charge is 2.05. The molecule has 0 spiro atoms. The fourth-order valence-corrected chi connectivity index (χ4v) is 2.74. The van der Waals surface area contributed by atoms with Gasteiger partial charge in [0.2, 0.25) is 0 Å². The van der Waals surface area contributed by atoms with Crippen molar-refractivity contribution in [2.75, 3.05) is 0 Å². The van der Waals surface area contributed by atoms with Crippen molar-refractivity contribution in [2.24, 2.45) is 0 Å². The van der Waals surface area contributed by atoms with Gasteiger partial charge in [-0.15, -0.1) is 0 Å². The molecule has 0 aliphatic carbocycles. The van der Waals surface area contributed by atoms with Crippen molar-refractivity contribution in [2.45, 2.75) is 13.5 Å². The number of nitrogens with zero attached hydrogens (tertiary/aromatic N) is 1. The number of fused-ring (bicyclic) bond motifs is 1. The summed E-state index contributed by atoms with van der Waals surface area (Å²) in [5, 5.41) is 0.750. The second-order valence-electron chi connectivity index (χ2n) is 4.67. The third-order valence-electron chi connectivity index (χ3n) is 3.16. The first-order valence-corrected chi connectivity index (χ1v) is 6.86. The van der Waals surface area contributed by atoms with Gasteiger partial charge in [-0.25, -0.2) is 0 Å². The number of aromatic amines is 1. The lowest BCUT2D eigenvalue weighted by Gasteiger charge is -2.05. The van der Waals surface area contributed by atoms with Crippen LogP contribution < -0.4 is 0 Å². The molecule has 0 aliphatic rings. The molecule has 1 aromatic heterocycles. The minimum atomic E-state index is 0.725. The Bertz CT molecular complexity index is 801. The SMILES string of the molecule is Cc1ccc2c(c1)[nH]c(=S)n2Cc1cccc(Cl)c1. The third-order valence-corrected chi connectivity index (χ3v) is 3.72. The van der Waals surface area contributed by atoms with Gasteiger partial charge < -0.3 is 9.55 Å². The molecule has 0 aliphatic heterocycles. The van der Waals surface area contributed by atoms with Gasteiger partial charge in [0.25, 0.3) is 0 Å². The molecule has 19 heavy (non-hydrogen) atoms. The zero-order chi connectivity index (χ0) is 13.4. The Morgan fingerprint density at radius 1 is 1.21 bits per heavy atom. The number of H-pyrrole nitrogens is 1. The van der Waals surface area contributed by atoms with E-state index in [1.807, 2.05) is 18.2 Å². The zero-order valence-corrected chi connectivity index (χ0v) is 12.1. The van der Waals surface area contributed by atoms with Crippen LogP contribution in [0.15, 0.2) is 42.5 Å². The van der Waals surface area contributed by atoms with Crippen LogP contribution in [0.2, 0.25) is 5.02 Å². The predicted molar refractivity (Wildman–Crippen MR) is 82.4 cm³/mol. The molecular weight excluding hydrogens is 276 g/mol. The van der Waals surface area contributed by atoms with Gasteiger partial charge in [0.05, 0.1) is 17.6 Å². The van der Waals surface area contributed by atoms with Crippen LogP contribution in [-0.2, 0) is 6.54 Å². The van der Waals surface area contributed by atoms with E-state index in [9.17, 15) is 0 Å². The van der Waals surface area contributed by atoms with Gasteiger partial charge in [-0.1, -0.05) is 29.8 Å². The maximum Gasteiger partial charge on any atom is 0.178 e. The summed E-state index contributed by atoms with van der Waals surface area (Å²) >= 11 is 11.4. The molecule has 0 amide bonds. The summed E-state index contributed by atoms with van der Waals surface area (Å²) in [6.07, 6.45) is 0. The Balaban J connectivity index is 2.10. The number of nitrogens with one attached hydrogen (secondary N) is 1. The standard InChI is InChI=1S/C15H13ClN2S/c1-10-5-6-14-13(7-10)17-15(19)18(14)9-11-3-2-4-12(16)8-11/h2-8H,9H2,1H3,(H,17,19). The first-order chi connectivity index (χ1) is 9.13. The van der Waals surface area contributed by atoms with E-state index in [1.54, 1.807) is 0 Å². The molecule has 1 heterocycles. The highest BCUT2D eigenvalue weighted by Crippen LogP contribution is 2.18. The number of aromatic nitrogens is 2. The van der Waals surface area contributed by atoms with Crippen molar-refractivity contribution < 1.29 is 0 Å². The van der Waals surface area contributed by atoms with Gasteiger partial charge >= 0.3 is 0 Å². The molecule has 0 saturated carbocycles. The topological polar surface area (TPSA) is 20.7 Å². The van der Waals surface area contributed by atoms with Gasteiger partial charge in [0.15, 0.2) is 4.77 Å². The highest BCUT2D eigenvalue weighted by atomic mass is 35.5. The average molecular weight is 289 g/mol. The first-order valence-electron chi connectivity index (χ1n) is 6.07. The van der Waals surface area contributed by atoms with E-state index in [4.69, 9.17) is 23.8 Å². The number of aryl methyl sites for hydroxylation is 1. The molecule has 4 heteroatoms. The Morgan fingerprint density at radius 2 is 2.05 bits per heavy atom. The van der Waals surface area contributed by atoms with Crippen LogP contribution in [0.25, 0.3) is 11.0 Å². The number of rotatable bonds is 2. The van der Waals surface area contributed by atoms with Gasteiger partial charge in [-0.2, -0.15) is 0 Å². The quantitative estimate of drug-likeness (QED) is 0.677. The van der Waals surface area contributed by atoms with Crippen molar-refractivity contribution in [3.63, 3.8) is 0 Å². The first kappa shape index (κ1) is 12.5. The lowest BCUT2D eigenvalue weighted by Crippen LogP contribution is -1.99. The smallest absolute Gasteiger partial charge is 0.178 e. The molecule has 2 aromatic carbocycles. The lowest BCUT2D eigenvalue weighted by molar-refractivity contribution is 0.810. The third kappa shape index (κ3) is 2.44. The van der Waals surface area contributed by atoms with Crippen molar-refractivity contribution in [3.05, 3.63) is 63.4 Å². The Labute approximate surface area is 121 Å². The van der Waals surface area contributed by atoms with E-state index in [2.05, 4.69) is 40.7 Å². The molecular formula is C15H13ClN2S. The van der Waals surface area contributed by atoms with E-state index in [1.165, 1.54) is 5.56 Å². The van der Waals surface area contributed by atoms with E-state index >= 15 is 0 Å². The largest absolute Gasteiger partial charge is 0.331 e.